The molecule has 0 saturated heterocycles. The van der Waals surface area contributed by atoms with Crippen LogP contribution in [0.4, 0.5) is 4.39 Å². The smallest absolute Gasteiger partial charge is 0.191 e. The van der Waals surface area contributed by atoms with E-state index in [0.717, 1.165) is 0 Å². The van der Waals surface area contributed by atoms with Crippen LogP contribution >= 0.6 is 0 Å². The molecule has 3 heteroatoms. The highest BCUT2D eigenvalue weighted by atomic mass is 19.1. The molecule has 0 atom stereocenters. The third kappa shape index (κ3) is 3.85. The molecule has 0 N–H and O–H groups in total. The Balaban J connectivity index is 2.34. The fourth-order valence-corrected chi connectivity index (χ4v) is 0.0904. The lowest BCUT2D eigenvalue weighted by Crippen LogP contribution is -1.90. The summed E-state index contributed by atoms with van der Waals surface area (Å²) in [6, 6.07) is 0. The largest absolute Gasteiger partial charge is 0.353 e. The zero-order chi connectivity index (χ0) is 4.83. The van der Waals surface area contributed by atoms with Crippen LogP contribution in [-0.4, -0.2) is 13.7 Å². The summed E-state index contributed by atoms with van der Waals surface area (Å²) in [5.74, 6) is 0. The van der Waals surface area contributed by atoms with Crippen molar-refractivity contribution >= 4 is 0 Å². The lowest BCUT2D eigenvalue weighted by molar-refractivity contribution is -0.0514. The van der Waals surface area contributed by atoms with Gasteiger partial charge in [-0.1, -0.05) is 0 Å². The Kier molecular flexibility index (Phi) is 4.73. The molecule has 0 rings (SSSR count). The van der Waals surface area contributed by atoms with E-state index in [9.17, 15) is 4.39 Å². The highest BCUT2D eigenvalue weighted by Gasteiger charge is 1.74. The maximum atomic E-state index is 10.9. The molecule has 0 aromatic carbocycles. The van der Waals surface area contributed by atoms with Crippen LogP contribution in [0.15, 0.2) is 0 Å². The van der Waals surface area contributed by atoms with Crippen molar-refractivity contribution in [2.45, 2.75) is 0 Å². The van der Waals surface area contributed by atoms with Gasteiger partial charge in [0.25, 0.3) is 0 Å². The summed E-state index contributed by atoms with van der Waals surface area (Å²) in [4.78, 5) is 0. The molecular weight excluding hydrogens is 87.0 g/mol. The summed E-state index contributed by atoms with van der Waals surface area (Å²) in [7, 11) is 2.93. The van der Waals surface area contributed by atoms with Crippen molar-refractivity contribution in [2.75, 3.05) is 13.7 Å². The summed E-state index contributed by atoms with van der Waals surface area (Å²) in [5, 5.41) is 0. The molecule has 0 aromatic heterocycles. The molecule has 2 nitrogen and oxygen atoms in total. The maximum Gasteiger partial charge on any atom is 0.191 e. The third-order valence-corrected chi connectivity index (χ3v) is 0.244. The summed E-state index contributed by atoms with van der Waals surface area (Å²) >= 11 is 0. The SMILES string of the molecule is [CH2]OCOCF. The second-order valence-electron chi connectivity index (χ2n) is 0.635. The van der Waals surface area contributed by atoms with Crippen LogP contribution in [-0.2, 0) is 9.47 Å². The average Bonchev–Trinajstić information content (AvgIpc) is 1.61. The van der Waals surface area contributed by atoms with Crippen LogP contribution in [0.25, 0.3) is 0 Å². The van der Waals surface area contributed by atoms with Crippen LogP contribution in [0.5, 0.6) is 0 Å². The Labute approximate surface area is 35.9 Å². The second-order valence-corrected chi connectivity index (χ2v) is 0.635. The lowest BCUT2D eigenvalue weighted by Gasteiger charge is -1.90. The molecule has 0 aliphatic heterocycles. The predicted molar refractivity (Wildman–Crippen MR) is 18.4 cm³/mol. The molecule has 1 radical (unpaired) electrons. The zero-order valence-electron chi connectivity index (χ0n) is 3.32. The van der Waals surface area contributed by atoms with Crippen molar-refractivity contribution in [3.63, 3.8) is 0 Å². The van der Waals surface area contributed by atoms with Gasteiger partial charge in [-0.2, -0.15) is 0 Å². The first-order valence-electron chi connectivity index (χ1n) is 1.42. The van der Waals surface area contributed by atoms with Crippen molar-refractivity contribution in [3.8, 4) is 0 Å². The summed E-state index contributed by atoms with van der Waals surface area (Å²) in [5.41, 5.74) is 0. The van der Waals surface area contributed by atoms with E-state index in [1.165, 1.54) is 0 Å². The molecule has 0 saturated carbocycles. The van der Waals surface area contributed by atoms with Gasteiger partial charge in [-0.25, -0.2) is 4.39 Å². The fourth-order valence-electron chi connectivity index (χ4n) is 0.0904. The van der Waals surface area contributed by atoms with Crippen LogP contribution in [0, 0.1) is 7.11 Å². The number of rotatable bonds is 3. The highest BCUT2D eigenvalue weighted by molar-refractivity contribution is 3.98. The van der Waals surface area contributed by atoms with E-state index in [2.05, 4.69) is 16.6 Å². The molecule has 0 aliphatic carbocycles. The number of hydrogen-bond acceptors (Lipinski definition) is 2. The minimum absolute atomic E-state index is 0.0729. The summed E-state index contributed by atoms with van der Waals surface area (Å²) in [6.07, 6.45) is 0. The normalized spacial score (nSPS) is 9.00. The molecule has 0 spiro atoms. The first-order valence-corrected chi connectivity index (χ1v) is 1.42. The molecule has 37 valence electrons. The fraction of sp³-hybridized carbons (Fsp3) is 0.667. The maximum absolute atomic E-state index is 10.9. The minimum Gasteiger partial charge on any atom is -0.353 e. The molecular formula is C3H6FO2. The molecule has 0 heterocycles. The van der Waals surface area contributed by atoms with Gasteiger partial charge in [0.2, 0.25) is 0 Å². The van der Waals surface area contributed by atoms with Gasteiger partial charge >= 0.3 is 0 Å². The Morgan fingerprint density at radius 1 is 1.67 bits per heavy atom. The molecule has 0 unspecified atom stereocenters. The second kappa shape index (κ2) is 4.85. The van der Waals surface area contributed by atoms with E-state index in [1.807, 2.05) is 0 Å². The van der Waals surface area contributed by atoms with E-state index in [1.54, 1.807) is 0 Å². The minimum atomic E-state index is -0.810. The van der Waals surface area contributed by atoms with Crippen LogP contribution in [0.2, 0.25) is 0 Å². The highest BCUT2D eigenvalue weighted by Crippen LogP contribution is 1.73. The van der Waals surface area contributed by atoms with E-state index < -0.39 is 6.86 Å². The zero-order valence-corrected chi connectivity index (χ0v) is 3.32. The molecule has 0 bridgehead atoms. The summed E-state index contributed by atoms with van der Waals surface area (Å²) < 4.78 is 19.0. The summed E-state index contributed by atoms with van der Waals surface area (Å²) in [6.45, 7) is -0.883. The van der Waals surface area contributed by atoms with Crippen LogP contribution in [0.1, 0.15) is 0 Å². The van der Waals surface area contributed by atoms with Crippen molar-refractivity contribution in [1.29, 1.82) is 0 Å². The molecule has 0 aromatic rings. The van der Waals surface area contributed by atoms with Gasteiger partial charge in [0.15, 0.2) is 6.86 Å². The van der Waals surface area contributed by atoms with Gasteiger partial charge in [-0.15, -0.1) is 0 Å². The number of alkyl halides is 1. The monoisotopic (exact) mass is 93.0 g/mol. The Morgan fingerprint density at radius 3 is 2.50 bits per heavy atom. The van der Waals surface area contributed by atoms with Gasteiger partial charge in [0.05, 0.1) is 7.11 Å². The molecule has 0 amide bonds. The number of halogens is 1. The van der Waals surface area contributed by atoms with Gasteiger partial charge in [0, 0.05) is 0 Å². The standard InChI is InChI=1S/C3H6FO2/c1-5-3-6-2-4/h1-3H2. The van der Waals surface area contributed by atoms with Gasteiger partial charge < -0.3 is 9.47 Å². The molecule has 0 aliphatic rings. The van der Waals surface area contributed by atoms with Crippen LogP contribution in [0.3, 0.4) is 0 Å². The van der Waals surface area contributed by atoms with E-state index in [4.69, 9.17) is 0 Å². The predicted octanol–water partition coefficient (Wildman–Crippen LogP) is 0.696. The van der Waals surface area contributed by atoms with Crippen molar-refractivity contribution in [1.82, 2.24) is 0 Å². The van der Waals surface area contributed by atoms with Crippen LogP contribution < -0.4 is 0 Å². The quantitative estimate of drug-likeness (QED) is 0.377. The topological polar surface area (TPSA) is 18.5 Å². The van der Waals surface area contributed by atoms with E-state index >= 15 is 0 Å². The number of hydrogen-bond donors (Lipinski definition) is 0. The third-order valence-electron chi connectivity index (χ3n) is 0.244. The molecule has 0 fully saturated rings. The van der Waals surface area contributed by atoms with E-state index in [0.29, 0.717) is 0 Å². The Hall–Kier alpha value is -0.150. The van der Waals surface area contributed by atoms with Gasteiger partial charge in [-0.3, -0.25) is 0 Å². The Morgan fingerprint density at radius 2 is 2.33 bits per heavy atom. The van der Waals surface area contributed by atoms with Gasteiger partial charge in [-0.05, 0) is 0 Å². The lowest BCUT2D eigenvalue weighted by atomic mass is 11.3. The van der Waals surface area contributed by atoms with Crippen molar-refractivity contribution in [3.05, 3.63) is 7.11 Å². The number of ether oxygens (including phenoxy) is 2. The Bertz CT molecular complexity index is 20.8. The van der Waals surface area contributed by atoms with E-state index in [-0.39, 0.29) is 6.79 Å². The first kappa shape index (κ1) is 5.85. The molecule has 6 heavy (non-hydrogen) atoms. The van der Waals surface area contributed by atoms with Crippen molar-refractivity contribution in [2.24, 2.45) is 0 Å². The van der Waals surface area contributed by atoms with Gasteiger partial charge in [0.1, 0.15) is 6.79 Å². The van der Waals surface area contributed by atoms with Crippen molar-refractivity contribution < 1.29 is 13.9 Å². The first-order chi connectivity index (χ1) is 2.91. The average molecular weight is 93.1 g/mol.